The number of nitrogens with two attached hydrogens (primary N) is 1. The van der Waals surface area contributed by atoms with E-state index in [1.54, 1.807) is 6.20 Å². The van der Waals surface area contributed by atoms with Gasteiger partial charge in [0.05, 0.1) is 6.42 Å². The molecule has 2 aromatic carbocycles. The van der Waals surface area contributed by atoms with Crippen molar-refractivity contribution in [2.24, 2.45) is 5.73 Å². The molecule has 0 radical (unpaired) electrons. The lowest BCUT2D eigenvalue weighted by molar-refractivity contribution is -0.117. The van der Waals surface area contributed by atoms with E-state index in [0.29, 0.717) is 12.4 Å². The van der Waals surface area contributed by atoms with Crippen LogP contribution in [0, 0.1) is 0 Å². The highest BCUT2D eigenvalue weighted by Crippen LogP contribution is 2.27. The zero-order chi connectivity index (χ0) is 19.2. The van der Waals surface area contributed by atoms with Crippen LogP contribution >= 0.6 is 0 Å². The van der Waals surface area contributed by atoms with Crippen LogP contribution in [0.25, 0.3) is 10.8 Å². The van der Waals surface area contributed by atoms with Gasteiger partial charge < -0.3 is 16.4 Å². The van der Waals surface area contributed by atoms with Gasteiger partial charge in [0.25, 0.3) is 0 Å². The molecule has 3 rings (SSSR count). The third kappa shape index (κ3) is 4.72. The highest BCUT2D eigenvalue weighted by Gasteiger charge is 2.06. The minimum absolute atomic E-state index is 0.222. The molecule has 1 aromatic heterocycles. The number of carbonyl (C=O) groups excluding carboxylic acids is 2. The van der Waals surface area contributed by atoms with Crippen LogP contribution in [0.15, 0.2) is 54.7 Å². The van der Waals surface area contributed by atoms with E-state index >= 15 is 0 Å². The van der Waals surface area contributed by atoms with Gasteiger partial charge in [-0.2, -0.15) is 0 Å². The second-order valence-corrected chi connectivity index (χ2v) is 6.05. The van der Waals surface area contributed by atoms with Crippen molar-refractivity contribution >= 4 is 39.9 Å². The summed E-state index contributed by atoms with van der Waals surface area (Å²) in [6.45, 7) is 2.40. The van der Waals surface area contributed by atoms with Gasteiger partial charge in [0.1, 0.15) is 5.82 Å². The summed E-state index contributed by atoms with van der Waals surface area (Å²) in [5, 5.41) is 10.6. The first-order chi connectivity index (χ1) is 13.0. The van der Waals surface area contributed by atoms with E-state index in [-0.39, 0.29) is 18.4 Å². The van der Waals surface area contributed by atoms with Gasteiger partial charge >= 0.3 is 6.03 Å². The summed E-state index contributed by atoms with van der Waals surface area (Å²) in [7, 11) is 0. The molecule has 0 spiro atoms. The van der Waals surface area contributed by atoms with Crippen LogP contribution in [0.2, 0.25) is 0 Å². The molecule has 7 heteroatoms. The van der Waals surface area contributed by atoms with Crippen LogP contribution in [0.4, 0.5) is 22.0 Å². The average molecular weight is 363 g/mol. The zero-order valence-corrected chi connectivity index (χ0v) is 15.0. The maximum atomic E-state index is 11.6. The van der Waals surface area contributed by atoms with E-state index in [2.05, 4.69) is 20.9 Å². The van der Waals surface area contributed by atoms with E-state index in [4.69, 9.17) is 5.73 Å². The number of benzene rings is 2. The number of pyridine rings is 1. The highest BCUT2D eigenvalue weighted by molar-refractivity contribution is 5.97. The first-order valence-electron chi connectivity index (χ1n) is 8.63. The molecule has 7 nitrogen and oxygen atoms in total. The number of hydrogen-bond acceptors (Lipinski definition) is 4. The molecule has 27 heavy (non-hydrogen) atoms. The fourth-order valence-corrected chi connectivity index (χ4v) is 2.73. The molecule has 0 fully saturated rings. The van der Waals surface area contributed by atoms with Crippen LogP contribution in [0.1, 0.15) is 12.5 Å². The number of nitrogens with zero attached hydrogens (tertiary/aromatic N) is 1. The molecular weight excluding hydrogens is 342 g/mol. The average Bonchev–Trinajstić information content (AvgIpc) is 2.63. The number of aromatic nitrogens is 1. The maximum absolute atomic E-state index is 11.6. The molecule has 0 saturated carbocycles. The molecule has 0 unspecified atom stereocenters. The van der Waals surface area contributed by atoms with E-state index in [1.165, 1.54) is 0 Å². The lowest BCUT2D eigenvalue weighted by Crippen LogP contribution is -2.28. The number of urea groups is 1. The lowest BCUT2D eigenvalue weighted by Gasteiger charge is -2.11. The molecule has 0 atom stereocenters. The van der Waals surface area contributed by atoms with Crippen molar-refractivity contribution in [3.05, 3.63) is 60.3 Å². The Morgan fingerprint density at radius 1 is 1.11 bits per heavy atom. The molecule has 3 amide bonds. The minimum atomic E-state index is -0.354. The number of rotatable bonds is 6. The first kappa shape index (κ1) is 18.2. The van der Waals surface area contributed by atoms with Gasteiger partial charge in [-0.3, -0.25) is 10.1 Å². The Balaban J connectivity index is 1.80. The number of primary amides is 1. The Morgan fingerprint density at radius 3 is 2.59 bits per heavy atom. The molecule has 0 saturated heterocycles. The number of carbonyl (C=O) groups is 2. The number of nitrogens with one attached hydrogen (secondary N) is 3. The fraction of sp³-hybridized carbons (Fsp3) is 0.150. The Kier molecular flexibility index (Phi) is 5.51. The largest absolute Gasteiger partial charge is 0.369 e. The minimum Gasteiger partial charge on any atom is -0.369 e. The van der Waals surface area contributed by atoms with Crippen LogP contribution in [-0.4, -0.2) is 23.5 Å². The second-order valence-electron chi connectivity index (χ2n) is 6.05. The van der Waals surface area contributed by atoms with Gasteiger partial charge in [0.15, 0.2) is 0 Å². The van der Waals surface area contributed by atoms with Gasteiger partial charge in [0, 0.05) is 29.5 Å². The predicted molar refractivity (Wildman–Crippen MR) is 107 cm³/mol. The van der Waals surface area contributed by atoms with Crippen molar-refractivity contribution in [1.29, 1.82) is 0 Å². The summed E-state index contributed by atoms with van der Waals surface area (Å²) in [5.74, 6) is 0.134. The van der Waals surface area contributed by atoms with Gasteiger partial charge in [-0.05, 0) is 42.1 Å². The number of hydrogen-bond donors (Lipinski definition) is 4. The van der Waals surface area contributed by atoms with Crippen LogP contribution in [-0.2, 0) is 11.2 Å². The Morgan fingerprint density at radius 2 is 1.89 bits per heavy atom. The molecule has 5 N–H and O–H groups in total. The molecule has 3 aromatic rings. The lowest BCUT2D eigenvalue weighted by atomic mass is 10.1. The monoisotopic (exact) mass is 363 g/mol. The summed E-state index contributed by atoms with van der Waals surface area (Å²) >= 11 is 0. The van der Waals surface area contributed by atoms with Gasteiger partial charge in [-0.15, -0.1) is 0 Å². The second kappa shape index (κ2) is 8.18. The zero-order valence-electron chi connectivity index (χ0n) is 15.0. The van der Waals surface area contributed by atoms with Crippen molar-refractivity contribution in [1.82, 2.24) is 10.3 Å². The normalized spacial score (nSPS) is 10.4. The standard InChI is InChI=1S/C20H21N5O2/c1-2-22-20(27)25-19-11-14-4-3-5-17(16(14)12-23-19)24-15-8-6-13(7-9-15)10-18(21)26/h3-9,11-12,24H,2,10H2,1H3,(H2,21,26)(H2,22,23,25,27). The molecule has 0 aliphatic carbocycles. The van der Waals surface area contributed by atoms with Crippen LogP contribution < -0.4 is 21.7 Å². The van der Waals surface area contributed by atoms with E-state index in [9.17, 15) is 9.59 Å². The highest BCUT2D eigenvalue weighted by atomic mass is 16.2. The molecule has 0 aliphatic rings. The molecule has 138 valence electrons. The summed E-state index contributed by atoms with van der Waals surface area (Å²) in [5.41, 5.74) is 7.87. The van der Waals surface area contributed by atoms with E-state index < -0.39 is 0 Å². The fourth-order valence-electron chi connectivity index (χ4n) is 2.73. The predicted octanol–water partition coefficient (Wildman–Crippen LogP) is 3.15. The maximum Gasteiger partial charge on any atom is 0.320 e. The Bertz CT molecular complexity index is 970. The van der Waals surface area contributed by atoms with E-state index in [1.807, 2.05) is 55.5 Å². The van der Waals surface area contributed by atoms with Crippen molar-refractivity contribution in [2.75, 3.05) is 17.2 Å². The quantitative estimate of drug-likeness (QED) is 0.539. The summed E-state index contributed by atoms with van der Waals surface area (Å²) in [6.07, 6.45) is 1.94. The number of amides is 3. The van der Waals surface area contributed by atoms with Gasteiger partial charge in [-0.25, -0.2) is 9.78 Å². The van der Waals surface area contributed by atoms with Crippen molar-refractivity contribution in [2.45, 2.75) is 13.3 Å². The Hall–Kier alpha value is -3.61. The molecule has 0 bridgehead atoms. The van der Waals surface area contributed by atoms with Gasteiger partial charge in [0.2, 0.25) is 5.91 Å². The van der Waals surface area contributed by atoms with Crippen LogP contribution in [0.3, 0.4) is 0 Å². The van der Waals surface area contributed by atoms with Crippen molar-refractivity contribution < 1.29 is 9.59 Å². The topological polar surface area (TPSA) is 109 Å². The summed E-state index contributed by atoms with van der Waals surface area (Å²) in [6, 6.07) is 14.9. The number of fused-ring (bicyclic) bond motifs is 1. The smallest absolute Gasteiger partial charge is 0.320 e. The third-order valence-electron chi connectivity index (χ3n) is 3.96. The van der Waals surface area contributed by atoms with Crippen LogP contribution in [0.5, 0.6) is 0 Å². The Labute approximate surface area is 157 Å². The summed E-state index contributed by atoms with van der Waals surface area (Å²) in [4.78, 5) is 27.0. The molecule has 1 heterocycles. The molecular formula is C20H21N5O2. The summed E-state index contributed by atoms with van der Waals surface area (Å²) < 4.78 is 0. The number of anilines is 3. The van der Waals surface area contributed by atoms with E-state index in [0.717, 1.165) is 27.7 Å². The van der Waals surface area contributed by atoms with Crippen molar-refractivity contribution in [3.8, 4) is 0 Å². The first-order valence-corrected chi connectivity index (χ1v) is 8.63. The third-order valence-corrected chi connectivity index (χ3v) is 3.96. The SMILES string of the molecule is CCNC(=O)Nc1cc2cccc(Nc3ccc(CC(N)=O)cc3)c2cn1. The molecule has 0 aliphatic heterocycles. The van der Waals surface area contributed by atoms with Crippen molar-refractivity contribution in [3.63, 3.8) is 0 Å². The van der Waals surface area contributed by atoms with Gasteiger partial charge in [-0.1, -0.05) is 24.3 Å².